The van der Waals surface area contributed by atoms with Crippen molar-refractivity contribution in [1.29, 1.82) is 0 Å². The smallest absolute Gasteiger partial charge is 0.236 e. The molecule has 0 aliphatic carbocycles. The summed E-state index contributed by atoms with van der Waals surface area (Å²) in [5.41, 5.74) is 0. The van der Waals surface area contributed by atoms with Crippen LogP contribution in [0.3, 0.4) is 0 Å². The lowest BCUT2D eigenvalue weighted by molar-refractivity contribution is -0.131. The summed E-state index contributed by atoms with van der Waals surface area (Å²) >= 11 is 0. The number of likely N-dealkylation sites (tertiary alicyclic amines) is 1. The monoisotopic (exact) mass is 214 g/mol. The molecule has 1 N–H and O–H groups in total. The van der Waals surface area contributed by atoms with E-state index in [0.29, 0.717) is 19.2 Å². The first-order valence-electron chi connectivity index (χ1n) is 5.78. The van der Waals surface area contributed by atoms with Gasteiger partial charge in [-0.15, -0.1) is 0 Å². The number of nitrogens with one attached hydrogen (secondary N) is 1. The predicted molar refractivity (Wildman–Crippen MR) is 59.8 cm³/mol. The van der Waals surface area contributed by atoms with E-state index in [1.807, 2.05) is 4.90 Å². The van der Waals surface area contributed by atoms with Crippen molar-refractivity contribution < 1.29 is 9.53 Å². The van der Waals surface area contributed by atoms with Gasteiger partial charge in [-0.2, -0.15) is 0 Å². The largest absolute Gasteiger partial charge is 0.383 e. The molecule has 1 unspecified atom stereocenters. The van der Waals surface area contributed by atoms with Crippen molar-refractivity contribution in [2.24, 2.45) is 0 Å². The van der Waals surface area contributed by atoms with Crippen LogP contribution in [0.2, 0.25) is 0 Å². The second-order valence-electron chi connectivity index (χ2n) is 3.96. The molecule has 1 heterocycles. The molecule has 1 saturated heterocycles. The van der Waals surface area contributed by atoms with Gasteiger partial charge in [-0.05, 0) is 19.3 Å². The highest BCUT2D eigenvalue weighted by atomic mass is 16.5. The normalized spacial score (nSPS) is 20.9. The number of nitrogens with zero attached hydrogens (tertiary/aromatic N) is 1. The van der Waals surface area contributed by atoms with E-state index < -0.39 is 0 Å². The van der Waals surface area contributed by atoms with Gasteiger partial charge >= 0.3 is 0 Å². The molecule has 1 aliphatic rings. The molecule has 1 aliphatic heterocycles. The van der Waals surface area contributed by atoms with Gasteiger partial charge in [-0.1, -0.05) is 6.92 Å². The van der Waals surface area contributed by atoms with Crippen molar-refractivity contribution in [2.75, 3.05) is 33.4 Å². The molecule has 1 rings (SSSR count). The summed E-state index contributed by atoms with van der Waals surface area (Å²) in [5, 5.41) is 3.09. The molecule has 15 heavy (non-hydrogen) atoms. The second kappa shape index (κ2) is 6.80. The van der Waals surface area contributed by atoms with Gasteiger partial charge < -0.3 is 15.0 Å². The minimum atomic E-state index is 0.232. The zero-order valence-electron chi connectivity index (χ0n) is 9.79. The molecule has 1 atom stereocenters. The zero-order chi connectivity index (χ0) is 11.1. The number of amides is 1. The van der Waals surface area contributed by atoms with Crippen molar-refractivity contribution in [3.05, 3.63) is 0 Å². The summed E-state index contributed by atoms with van der Waals surface area (Å²) in [6.45, 7) is 4.93. The molecular weight excluding hydrogens is 192 g/mol. The molecule has 4 heteroatoms. The maximum absolute atomic E-state index is 11.8. The highest BCUT2D eigenvalue weighted by Gasteiger charge is 2.26. The van der Waals surface area contributed by atoms with E-state index in [2.05, 4.69) is 12.2 Å². The fourth-order valence-electron chi connectivity index (χ4n) is 2.06. The third kappa shape index (κ3) is 3.80. The Morgan fingerprint density at radius 1 is 1.60 bits per heavy atom. The number of ether oxygens (including phenoxy) is 1. The van der Waals surface area contributed by atoms with E-state index in [4.69, 9.17) is 4.74 Å². The topological polar surface area (TPSA) is 41.6 Å². The first-order valence-corrected chi connectivity index (χ1v) is 5.78. The summed E-state index contributed by atoms with van der Waals surface area (Å²) in [6, 6.07) is 0.474. The minimum absolute atomic E-state index is 0.232. The average molecular weight is 214 g/mol. The number of hydrogen-bond acceptors (Lipinski definition) is 3. The van der Waals surface area contributed by atoms with Crippen LogP contribution in [0.25, 0.3) is 0 Å². The zero-order valence-corrected chi connectivity index (χ0v) is 9.79. The Balaban J connectivity index is 2.21. The van der Waals surface area contributed by atoms with Gasteiger partial charge in [0, 0.05) is 26.2 Å². The van der Waals surface area contributed by atoms with Crippen molar-refractivity contribution in [3.8, 4) is 0 Å². The standard InChI is InChI=1S/C11H22N2O2/c1-3-10-5-4-7-13(10)11(14)9-12-6-8-15-2/h10,12H,3-9H2,1-2H3. The molecule has 0 saturated carbocycles. The molecule has 0 aromatic heterocycles. The fourth-order valence-corrected chi connectivity index (χ4v) is 2.06. The van der Waals surface area contributed by atoms with E-state index >= 15 is 0 Å². The van der Waals surface area contributed by atoms with E-state index in [1.54, 1.807) is 7.11 Å². The van der Waals surface area contributed by atoms with Gasteiger partial charge in [0.2, 0.25) is 5.91 Å². The fraction of sp³-hybridized carbons (Fsp3) is 0.909. The van der Waals surface area contributed by atoms with Gasteiger partial charge in [0.05, 0.1) is 13.2 Å². The van der Waals surface area contributed by atoms with Crippen LogP contribution in [0.5, 0.6) is 0 Å². The second-order valence-corrected chi connectivity index (χ2v) is 3.96. The Bertz CT molecular complexity index is 197. The third-order valence-corrected chi connectivity index (χ3v) is 2.93. The Morgan fingerprint density at radius 3 is 3.07 bits per heavy atom. The molecule has 0 aromatic rings. The van der Waals surface area contributed by atoms with Crippen molar-refractivity contribution >= 4 is 5.91 Å². The van der Waals surface area contributed by atoms with Crippen LogP contribution in [-0.2, 0) is 9.53 Å². The lowest BCUT2D eigenvalue weighted by Crippen LogP contribution is -2.41. The number of carbonyl (C=O) groups is 1. The molecular formula is C11H22N2O2. The quantitative estimate of drug-likeness (QED) is 0.659. The molecule has 0 aromatic carbocycles. The maximum atomic E-state index is 11.8. The SMILES string of the molecule is CCC1CCCN1C(=O)CNCCOC. The van der Waals surface area contributed by atoms with E-state index in [1.165, 1.54) is 6.42 Å². The molecule has 1 fully saturated rings. The van der Waals surface area contributed by atoms with E-state index in [0.717, 1.165) is 25.9 Å². The highest BCUT2D eigenvalue weighted by Crippen LogP contribution is 2.19. The minimum Gasteiger partial charge on any atom is -0.383 e. The van der Waals surface area contributed by atoms with Gasteiger partial charge in [0.15, 0.2) is 0 Å². The summed E-state index contributed by atoms with van der Waals surface area (Å²) in [4.78, 5) is 13.8. The van der Waals surface area contributed by atoms with Gasteiger partial charge in [-0.3, -0.25) is 4.79 Å². The average Bonchev–Trinajstić information content (AvgIpc) is 2.72. The number of carbonyl (C=O) groups excluding carboxylic acids is 1. The molecule has 88 valence electrons. The Labute approximate surface area is 92.0 Å². The first-order chi connectivity index (χ1) is 7.29. The lowest BCUT2D eigenvalue weighted by atomic mass is 10.2. The van der Waals surface area contributed by atoms with Crippen molar-refractivity contribution in [3.63, 3.8) is 0 Å². The summed E-state index contributed by atoms with van der Waals surface area (Å²) in [7, 11) is 1.66. The summed E-state index contributed by atoms with van der Waals surface area (Å²) in [5.74, 6) is 0.232. The van der Waals surface area contributed by atoms with Crippen LogP contribution in [0.1, 0.15) is 26.2 Å². The van der Waals surface area contributed by atoms with Gasteiger partial charge in [0.1, 0.15) is 0 Å². The highest BCUT2D eigenvalue weighted by molar-refractivity contribution is 5.78. The molecule has 0 radical (unpaired) electrons. The van der Waals surface area contributed by atoms with Crippen molar-refractivity contribution in [2.45, 2.75) is 32.2 Å². The number of methoxy groups -OCH3 is 1. The number of rotatable bonds is 6. The van der Waals surface area contributed by atoms with E-state index in [9.17, 15) is 4.79 Å². The molecule has 1 amide bonds. The van der Waals surface area contributed by atoms with E-state index in [-0.39, 0.29) is 5.91 Å². The Kier molecular flexibility index (Phi) is 5.65. The van der Waals surface area contributed by atoms with Gasteiger partial charge in [-0.25, -0.2) is 0 Å². The molecule has 0 spiro atoms. The van der Waals surface area contributed by atoms with Crippen LogP contribution in [0, 0.1) is 0 Å². The third-order valence-electron chi connectivity index (χ3n) is 2.93. The maximum Gasteiger partial charge on any atom is 0.236 e. The van der Waals surface area contributed by atoms with Crippen molar-refractivity contribution in [1.82, 2.24) is 10.2 Å². The van der Waals surface area contributed by atoms with Crippen LogP contribution in [0.15, 0.2) is 0 Å². The molecule has 4 nitrogen and oxygen atoms in total. The van der Waals surface area contributed by atoms with Crippen LogP contribution in [0.4, 0.5) is 0 Å². The number of hydrogen-bond donors (Lipinski definition) is 1. The summed E-state index contributed by atoms with van der Waals surface area (Å²) < 4.78 is 4.90. The molecule has 0 bridgehead atoms. The van der Waals surface area contributed by atoms with Crippen LogP contribution >= 0.6 is 0 Å². The summed E-state index contributed by atoms with van der Waals surface area (Å²) in [6.07, 6.45) is 3.40. The van der Waals surface area contributed by atoms with Crippen LogP contribution in [-0.4, -0.2) is 50.2 Å². The van der Waals surface area contributed by atoms with Crippen LogP contribution < -0.4 is 5.32 Å². The predicted octanol–water partition coefficient (Wildman–Crippen LogP) is 0.623. The Morgan fingerprint density at radius 2 is 2.40 bits per heavy atom. The van der Waals surface area contributed by atoms with Gasteiger partial charge in [0.25, 0.3) is 0 Å². The lowest BCUT2D eigenvalue weighted by Gasteiger charge is -2.23. The first kappa shape index (κ1) is 12.5. The Hall–Kier alpha value is -0.610.